The van der Waals surface area contributed by atoms with Crippen LogP contribution in [0.1, 0.15) is 43.2 Å². The number of hydrogen-bond donors (Lipinski definition) is 1. The van der Waals surface area contributed by atoms with Crippen LogP contribution in [0.4, 0.5) is 0 Å². The van der Waals surface area contributed by atoms with Gasteiger partial charge in [-0.1, -0.05) is 42.7 Å². The second-order valence-corrected chi connectivity index (χ2v) is 6.19. The van der Waals surface area contributed by atoms with Crippen molar-refractivity contribution in [3.8, 4) is 0 Å². The number of benzene rings is 1. The predicted molar refractivity (Wildman–Crippen MR) is 85.4 cm³/mol. The summed E-state index contributed by atoms with van der Waals surface area (Å²) in [4.78, 5) is 24.1. The van der Waals surface area contributed by atoms with Crippen LogP contribution in [-0.2, 0) is 20.7 Å². The van der Waals surface area contributed by atoms with Crippen LogP contribution in [0.25, 0.3) is 0 Å². The fourth-order valence-corrected chi connectivity index (χ4v) is 3.14. The molecule has 0 spiro atoms. The molecule has 1 fully saturated rings. The molecule has 0 saturated heterocycles. The van der Waals surface area contributed by atoms with Gasteiger partial charge in [0, 0.05) is 12.8 Å². The van der Waals surface area contributed by atoms with Crippen molar-refractivity contribution in [1.29, 1.82) is 0 Å². The number of hydrogen-bond acceptors (Lipinski definition) is 3. The molecule has 120 valence electrons. The third kappa shape index (κ3) is 4.86. The van der Waals surface area contributed by atoms with Crippen LogP contribution in [-0.4, -0.2) is 25.0 Å². The van der Waals surface area contributed by atoms with Gasteiger partial charge in [-0.25, -0.2) is 4.79 Å². The highest BCUT2D eigenvalue weighted by Gasteiger charge is 2.24. The van der Waals surface area contributed by atoms with Crippen molar-refractivity contribution in [3.63, 3.8) is 0 Å². The Bertz CT molecular complexity index is 521. The van der Waals surface area contributed by atoms with Gasteiger partial charge in [-0.05, 0) is 31.2 Å². The molecule has 4 nitrogen and oxygen atoms in total. The molecule has 1 saturated carbocycles. The maximum atomic E-state index is 12.2. The molecule has 1 aromatic rings. The molecule has 22 heavy (non-hydrogen) atoms. The number of carbonyl (C=O) groups excluding carboxylic acids is 2. The first-order chi connectivity index (χ1) is 10.6. The minimum atomic E-state index is -0.610. The van der Waals surface area contributed by atoms with Crippen LogP contribution in [0.2, 0.25) is 0 Å². The summed E-state index contributed by atoms with van der Waals surface area (Å²) in [6.07, 6.45) is 5.64. The Kier molecular flexibility index (Phi) is 5.99. The lowest BCUT2D eigenvalue weighted by Crippen LogP contribution is -2.43. The van der Waals surface area contributed by atoms with Crippen LogP contribution in [0.3, 0.4) is 0 Å². The van der Waals surface area contributed by atoms with E-state index < -0.39 is 6.04 Å². The first-order valence-electron chi connectivity index (χ1n) is 8.01. The van der Waals surface area contributed by atoms with E-state index in [1.54, 1.807) is 0 Å². The fraction of sp³-hybridized carbons (Fsp3) is 0.556. The third-order valence-electron chi connectivity index (χ3n) is 4.29. The van der Waals surface area contributed by atoms with Gasteiger partial charge in [0.05, 0.1) is 7.11 Å². The van der Waals surface area contributed by atoms with Crippen molar-refractivity contribution < 1.29 is 14.3 Å². The Morgan fingerprint density at radius 1 is 1.32 bits per heavy atom. The molecule has 0 radical (unpaired) electrons. The molecule has 1 aliphatic carbocycles. The molecule has 1 N–H and O–H groups in total. The van der Waals surface area contributed by atoms with Crippen molar-refractivity contribution >= 4 is 11.9 Å². The average Bonchev–Trinajstić information content (AvgIpc) is 2.98. The van der Waals surface area contributed by atoms with E-state index in [1.807, 2.05) is 31.2 Å². The Hall–Kier alpha value is -1.84. The van der Waals surface area contributed by atoms with Gasteiger partial charge in [0.1, 0.15) is 6.04 Å². The van der Waals surface area contributed by atoms with E-state index in [0.717, 1.165) is 24.0 Å². The summed E-state index contributed by atoms with van der Waals surface area (Å²) in [6, 6.07) is 7.35. The fourth-order valence-electron chi connectivity index (χ4n) is 3.14. The van der Waals surface area contributed by atoms with E-state index >= 15 is 0 Å². The molecule has 0 aliphatic heterocycles. The topological polar surface area (TPSA) is 55.4 Å². The number of nitrogens with one attached hydrogen (secondary N) is 1. The lowest BCUT2D eigenvalue weighted by Gasteiger charge is -2.18. The number of amides is 1. The summed E-state index contributed by atoms with van der Waals surface area (Å²) in [6.45, 7) is 2.01. The van der Waals surface area contributed by atoms with E-state index in [0.29, 0.717) is 18.8 Å². The highest BCUT2D eigenvalue weighted by molar-refractivity contribution is 5.84. The van der Waals surface area contributed by atoms with Crippen LogP contribution in [0, 0.1) is 12.8 Å². The largest absolute Gasteiger partial charge is 0.467 e. The van der Waals surface area contributed by atoms with Crippen molar-refractivity contribution in [2.45, 2.75) is 51.5 Å². The number of rotatable bonds is 6. The van der Waals surface area contributed by atoms with Gasteiger partial charge in [-0.3, -0.25) is 4.79 Å². The predicted octanol–water partition coefficient (Wildman–Crippen LogP) is 2.78. The Balaban J connectivity index is 1.96. The van der Waals surface area contributed by atoms with E-state index in [4.69, 9.17) is 4.74 Å². The molecule has 2 rings (SSSR count). The van der Waals surface area contributed by atoms with Crippen LogP contribution < -0.4 is 5.32 Å². The minimum Gasteiger partial charge on any atom is -0.467 e. The van der Waals surface area contributed by atoms with Crippen molar-refractivity contribution in [3.05, 3.63) is 35.4 Å². The zero-order chi connectivity index (χ0) is 15.9. The molecular weight excluding hydrogens is 278 g/mol. The van der Waals surface area contributed by atoms with E-state index in [9.17, 15) is 9.59 Å². The average molecular weight is 303 g/mol. The van der Waals surface area contributed by atoms with Gasteiger partial charge in [0.2, 0.25) is 5.91 Å². The molecule has 0 heterocycles. The maximum absolute atomic E-state index is 12.2. The van der Waals surface area contributed by atoms with Gasteiger partial charge in [-0.2, -0.15) is 0 Å². The van der Waals surface area contributed by atoms with Crippen LogP contribution in [0.5, 0.6) is 0 Å². The lowest BCUT2D eigenvalue weighted by atomic mass is 10.0. The van der Waals surface area contributed by atoms with Gasteiger partial charge in [0.15, 0.2) is 0 Å². The highest BCUT2D eigenvalue weighted by atomic mass is 16.5. The second-order valence-electron chi connectivity index (χ2n) is 6.19. The van der Waals surface area contributed by atoms with Gasteiger partial charge < -0.3 is 10.1 Å². The first-order valence-corrected chi connectivity index (χ1v) is 8.01. The summed E-state index contributed by atoms with van der Waals surface area (Å²) in [5.41, 5.74) is 2.16. The molecule has 0 unspecified atom stereocenters. The molecule has 1 amide bonds. The lowest BCUT2D eigenvalue weighted by molar-refractivity contribution is -0.145. The van der Waals surface area contributed by atoms with Gasteiger partial charge in [0.25, 0.3) is 0 Å². The first kappa shape index (κ1) is 16.5. The standard InChI is InChI=1S/C18H25NO3/c1-13-6-5-9-15(10-13)11-16(18(21)22-2)19-17(20)12-14-7-3-4-8-14/h5-6,9-10,14,16H,3-4,7-8,11-12H2,1-2H3,(H,19,20)/t16-/m1/s1. The monoisotopic (exact) mass is 303 g/mol. The minimum absolute atomic E-state index is 0.0463. The summed E-state index contributed by atoms with van der Waals surface area (Å²) < 4.78 is 4.83. The van der Waals surface area contributed by atoms with E-state index in [-0.39, 0.29) is 11.9 Å². The highest BCUT2D eigenvalue weighted by Crippen LogP contribution is 2.27. The van der Waals surface area contributed by atoms with Crippen molar-refractivity contribution in [2.75, 3.05) is 7.11 Å². The van der Waals surface area contributed by atoms with Crippen molar-refractivity contribution in [2.24, 2.45) is 5.92 Å². The number of esters is 1. The molecular formula is C18H25NO3. The molecule has 1 aromatic carbocycles. The molecule has 0 aromatic heterocycles. The summed E-state index contributed by atoms with van der Waals surface area (Å²) >= 11 is 0. The Morgan fingerprint density at radius 2 is 2.05 bits per heavy atom. The quantitative estimate of drug-likeness (QED) is 0.822. The van der Waals surface area contributed by atoms with Gasteiger partial charge >= 0.3 is 5.97 Å². The Morgan fingerprint density at radius 3 is 2.68 bits per heavy atom. The second kappa shape index (κ2) is 7.97. The number of ether oxygens (including phenoxy) is 1. The van der Waals surface area contributed by atoms with Crippen molar-refractivity contribution in [1.82, 2.24) is 5.32 Å². The number of carbonyl (C=O) groups is 2. The van der Waals surface area contributed by atoms with E-state index in [1.165, 1.54) is 20.0 Å². The Labute approximate surface area is 132 Å². The maximum Gasteiger partial charge on any atom is 0.328 e. The molecule has 1 atom stereocenters. The number of methoxy groups -OCH3 is 1. The zero-order valence-electron chi connectivity index (χ0n) is 13.4. The molecule has 0 bridgehead atoms. The molecule has 4 heteroatoms. The van der Waals surface area contributed by atoms with Gasteiger partial charge in [-0.15, -0.1) is 0 Å². The normalized spacial score (nSPS) is 16.3. The van der Waals surface area contributed by atoms with E-state index in [2.05, 4.69) is 5.32 Å². The van der Waals surface area contributed by atoms with Crippen LogP contribution >= 0.6 is 0 Å². The summed E-state index contributed by atoms with van der Waals surface area (Å²) in [5.74, 6) is 0.0356. The smallest absolute Gasteiger partial charge is 0.328 e. The summed E-state index contributed by atoms with van der Waals surface area (Å²) in [5, 5.41) is 2.85. The third-order valence-corrected chi connectivity index (χ3v) is 4.29. The zero-order valence-corrected chi connectivity index (χ0v) is 13.4. The summed E-state index contributed by atoms with van der Waals surface area (Å²) in [7, 11) is 1.36. The number of aryl methyl sites for hydroxylation is 1. The SMILES string of the molecule is COC(=O)[C@@H](Cc1cccc(C)c1)NC(=O)CC1CCCC1. The molecule has 1 aliphatic rings. The van der Waals surface area contributed by atoms with Crippen LogP contribution in [0.15, 0.2) is 24.3 Å².